The summed E-state index contributed by atoms with van der Waals surface area (Å²) in [5.74, 6) is 0.981. The zero-order valence-corrected chi connectivity index (χ0v) is 12.0. The molecule has 2 heterocycles. The molecule has 1 saturated heterocycles. The number of morpholine rings is 1. The molecule has 4 heteroatoms. The summed E-state index contributed by atoms with van der Waals surface area (Å²) in [5.41, 5.74) is 0.716. The summed E-state index contributed by atoms with van der Waals surface area (Å²) in [7, 11) is 0. The Kier molecular flexibility index (Phi) is 3.36. The van der Waals surface area contributed by atoms with Gasteiger partial charge in [0.15, 0.2) is 0 Å². The van der Waals surface area contributed by atoms with Gasteiger partial charge in [-0.3, -0.25) is 0 Å². The van der Waals surface area contributed by atoms with Crippen LogP contribution in [0.25, 0.3) is 10.8 Å². The first-order chi connectivity index (χ1) is 9.61. The molecule has 0 atom stereocenters. The Hall–Kier alpha value is -1.65. The summed E-state index contributed by atoms with van der Waals surface area (Å²) in [6.45, 7) is 6.60. The maximum absolute atomic E-state index is 9.45. The maximum atomic E-state index is 9.45. The highest BCUT2D eigenvalue weighted by molar-refractivity contribution is 5.94. The summed E-state index contributed by atoms with van der Waals surface area (Å²) in [6.07, 6.45) is 1.78. The number of benzene rings is 1. The van der Waals surface area contributed by atoms with Crippen molar-refractivity contribution in [1.29, 1.82) is 0 Å². The number of rotatable bonds is 2. The molecular weight excluding hydrogens is 252 g/mol. The van der Waals surface area contributed by atoms with E-state index in [1.165, 1.54) is 0 Å². The van der Waals surface area contributed by atoms with Crippen molar-refractivity contribution in [3.63, 3.8) is 0 Å². The lowest BCUT2D eigenvalue weighted by Crippen LogP contribution is -2.48. The molecule has 1 aromatic carbocycles. The van der Waals surface area contributed by atoms with Crippen molar-refractivity contribution in [2.75, 3.05) is 24.6 Å². The van der Waals surface area contributed by atoms with Crippen LogP contribution in [0.1, 0.15) is 19.4 Å². The summed E-state index contributed by atoms with van der Waals surface area (Å²) >= 11 is 0. The first-order valence-corrected chi connectivity index (χ1v) is 6.97. The third-order valence-corrected chi connectivity index (χ3v) is 3.75. The van der Waals surface area contributed by atoms with Crippen LogP contribution in [0.4, 0.5) is 5.82 Å². The second-order valence-electron chi connectivity index (χ2n) is 5.84. The molecule has 0 amide bonds. The lowest BCUT2D eigenvalue weighted by molar-refractivity contribution is -0.0278. The molecule has 0 aliphatic carbocycles. The molecule has 2 aromatic rings. The van der Waals surface area contributed by atoms with E-state index in [0.717, 1.165) is 35.2 Å². The fourth-order valence-electron chi connectivity index (χ4n) is 2.81. The molecule has 4 nitrogen and oxygen atoms in total. The Morgan fingerprint density at radius 1 is 1.30 bits per heavy atom. The standard InChI is InChI=1S/C16H20N2O2/c1-16(2)11-18(7-8-20-16)15-14-6-4-3-5-13(14)12(10-19)9-17-15/h3-6,9,19H,7-8,10-11H2,1-2H3. The van der Waals surface area contributed by atoms with E-state index in [-0.39, 0.29) is 12.2 Å². The van der Waals surface area contributed by atoms with Crippen LogP contribution in [0.5, 0.6) is 0 Å². The van der Waals surface area contributed by atoms with Crippen molar-refractivity contribution in [2.45, 2.75) is 26.1 Å². The van der Waals surface area contributed by atoms with Crippen LogP contribution >= 0.6 is 0 Å². The molecule has 0 radical (unpaired) electrons. The van der Waals surface area contributed by atoms with Crippen LogP contribution in [0.3, 0.4) is 0 Å². The van der Waals surface area contributed by atoms with Crippen LogP contribution in [0, 0.1) is 0 Å². The Morgan fingerprint density at radius 2 is 2.05 bits per heavy atom. The molecular formula is C16H20N2O2. The lowest BCUT2D eigenvalue weighted by Gasteiger charge is -2.39. The molecule has 1 aliphatic rings. The highest BCUT2D eigenvalue weighted by Crippen LogP contribution is 2.30. The number of anilines is 1. The van der Waals surface area contributed by atoms with Gasteiger partial charge in [-0.15, -0.1) is 0 Å². The fourth-order valence-corrected chi connectivity index (χ4v) is 2.81. The first kappa shape index (κ1) is 13.3. The summed E-state index contributed by atoms with van der Waals surface area (Å²) in [5, 5.41) is 11.6. The average molecular weight is 272 g/mol. The van der Waals surface area contributed by atoms with Gasteiger partial charge in [0, 0.05) is 30.2 Å². The Bertz CT molecular complexity index is 625. The second-order valence-corrected chi connectivity index (χ2v) is 5.84. The third-order valence-electron chi connectivity index (χ3n) is 3.75. The molecule has 20 heavy (non-hydrogen) atoms. The molecule has 1 fully saturated rings. The SMILES string of the molecule is CC1(C)CN(c2ncc(CO)c3ccccc23)CCO1. The smallest absolute Gasteiger partial charge is 0.136 e. The maximum Gasteiger partial charge on any atom is 0.136 e. The summed E-state index contributed by atoms with van der Waals surface area (Å²) in [6, 6.07) is 8.12. The topological polar surface area (TPSA) is 45.6 Å². The highest BCUT2D eigenvalue weighted by atomic mass is 16.5. The number of hydrogen-bond donors (Lipinski definition) is 1. The predicted molar refractivity (Wildman–Crippen MR) is 79.9 cm³/mol. The molecule has 1 N–H and O–H groups in total. The average Bonchev–Trinajstić information content (AvgIpc) is 2.45. The van der Waals surface area contributed by atoms with Crippen LogP contribution in [0.15, 0.2) is 30.5 Å². The molecule has 3 rings (SSSR count). The molecule has 1 aromatic heterocycles. The van der Waals surface area contributed by atoms with Gasteiger partial charge < -0.3 is 14.7 Å². The van der Waals surface area contributed by atoms with Gasteiger partial charge in [-0.25, -0.2) is 4.98 Å². The normalized spacial score (nSPS) is 18.4. The molecule has 0 unspecified atom stereocenters. The van der Waals surface area contributed by atoms with Crippen LogP contribution in [0.2, 0.25) is 0 Å². The number of aromatic nitrogens is 1. The molecule has 1 aliphatic heterocycles. The highest BCUT2D eigenvalue weighted by Gasteiger charge is 2.28. The fraction of sp³-hybridized carbons (Fsp3) is 0.438. The lowest BCUT2D eigenvalue weighted by atomic mass is 10.0. The van der Waals surface area contributed by atoms with E-state index in [4.69, 9.17) is 4.74 Å². The van der Waals surface area contributed by atoms with Gasteiger partial charge in [-0.1, -0.05) is 24.3 Å². The van der Waals surface area contributed by atoms with Crippen molar-refractivity contribution >= 4 is 16.6 Å². The molecule has 0 bridgehead atoms. The summed E-state index contributed by atoms with van der Waals surface area (Å²) < 4.78 is 5.76. The van der Waals surface area contributed by atoms with Crippen molar-refractivity contribution in [2.24, 2.45) is 0 Å². The third kappa shape index (κ3) is 2.37. The van der Waals surface area contributed by atoms with E-state index >= 15 is 0 Å². The van der Waals surface area contributed by atoms with Crippen molar-refractivity contribution in [1.82, 2.24) is 4.98 Å². The van der Waals surface area contributed by atoms with E-state index in [1.807, 2.05) is 18.2 Å². The number of fused-ring (bicyclic) bond motifs is 1. The Morgan fingerprint density at radius 3 is 2.75 bits per heavy atom. The minimum Gasteiger partial charge on any atom is -0.392 e. The van der Waals surface area contributed by atoms with Crippen molar-refractivity contribution < 1.29 is 9.84 Å². The molecule has 106 valence electrons. The number of pyridine rings is 1. The van der Waals surface area contributed by atoms with E-state index in [2.05, 4.69) is 29.8 Å². The Balaban J connectivity index is 2.08. The van der Waals surface area contributed by atoms with Gasteiger partial charge >= 0.3 is 0 Å². The zero-order valence-electron chi connectivity index (χ0n) is 12.0. The number of nitrogens with zero attached hydrogens (tertiary/aromatic N) is 2. The van der Waals surface area contributed by atoms with Gasteiger partial charge in [0.1, 0.15) is 5.82 Å². The van der Waals surface area contributed by atoms with Gasteiger partial charge in [-0.2, -0.15) is 0 Å². The first-order valence-electron chi connectivity index (χ1n) is 6.97. The monoisotopic (exact) mass is 272 g/mol. The quantitative estimate of drug-likeness (QED) is 0.911. The van der Waals surface area contributed by atoms with Gasteiger partial charge in [0.05, 0.1) is 18.8 Å². The second kappa shape index (κ2) is 5.04. The van der Waals surface area contributed by atoms with E-state index < -0.39 is 0 Å². The number of hydrogen-bond acceptors (Lipinski definition) is 4. The van der Waals surface area contributed by atoms with Crippen LogP contribution in [-0.2, 0) is 11.3 Å². The van der Waals surface area contributed by atoms with Crippen molar-refractivity contribution in [3.05, 3.63) is 36.0 Å². The largest absolute Gasteiger partial charge is 0.392 e. The molecule has 0 spiro atoms. The Labute approximate surface area is 119 Å². The van der Waals surface area contributed by atoms with E-state index in [0.29, 0.717) is 6.61 Å². The minimum atomic E-state index is -0.156. The minimum absolute atomic E-state index is 0.0163. The van der Waals surface area contributed by atoms with Gasteiger partial charge in [0.25, 0.3) is 0 Å². The van der Waals surface area contributed by atoms with Crippen LogP contribution in [-0.4, -0.2) is 35.4 Å². The van der Waals surface area contributed by atoms with Gasteiger partial charge in [0.2, 0.25) is 0 Å². The summed E-state index contributed by atoms with van der Waals surface area (Å²) in [4.78, 5) is 6.85. The van der Waals surface area contributed by atoms with Gasteiger partial charge in [-0.05, 0) is 19.2 Å². The van der Waals surface area contributed by atoms with E-state index in [1.54, 1.807) is 6.20 Å². The molecule has 0 saturated carbocycles. The number of ether oxygens (including phenoxy) is 1. The number of aliphatic hydroxyl groups excluding tert-OH is 1. The zero-order chi connectivity index (χ0) is 14.2. The van der Waals surface area contributed by atoms with Crippen LogP contribution < -0.4 is 4.90 Å². The van der Waals surface area contributed by atoms with Crippen molar-refractivity contribution in [3.8, 4) is 0 Å². The predicted octanol–water partition coefficient (Wildman–Crippen LogP) is 2.34. The number of aliphatic hydroxyl groups is 1. The van der Waals surface area contributed by atoms with E-state index in [9.17, 15) is 5.11 Å².